The predicted octanol–water partition coefficient (Wildman–Crippen LogP) is 19.8. The Hall–Kier alpha value is -3.63. The number of unbranched alkanes of at least 4 members (excludes halogenated alkanes) is 11. The van der Waals surface area contributed by atoms with Crippen LogP contribution >= 0.6 is 0 Å². The van der Waals surface area contributed by atoms with Crippen molar-refractivity contribution in [3.05, 3.63) is 157 Å². The summed E-state index contributed by atoms with van der Waals surface area (Å²) in [4.78, 5) is 0. The van der Waals surface area contributed by atoms with E-state index in [1.54, 1.807) is 38.1 Å². The third-order valence-corrected chi connectivity index (χ3v) is 14.5. The fraction of sp³-hybridized carbons (Fsp3) is 0.569. The third-order valence-electron chi connectivity index (χ3n) is 14.0. The molecule has 5 rings (SSSR count). The molecule has 0 saturated carbocycles. The average molecular weight is 996 g/mol. The number of aryl methyl sites for hydroxylation is 4. The van der Waals surface area contributed by atoms with Gasteiger partial charge in [-0.15, -0.1) is 0 Å². The average Bonchev–Trinajstić information content (AvgIpc) is 3.66. The summed E-state index contributed by atoms with van der Waals surface area (Å²) < 4.78 is 12.4. The maximum atomic E-state index is 12.9. The van der Waals surface area contributed by atoms with Crippen molar-refractivity contribution < 1.29 is 27.5 Å². The molecular weight excluding hydrogens is 899 g/mol. The molecule has 1 aliphatic rings. The van der Waals surface area contributed by atoms with E-state index in [0.29, 0.717) is 13.2 Å². The van der Waals surface area contributed by atoms with E-state index >= 15 is 0 Å². The fourth-order valence-electron chi connectivity index (χ4n) is 9.96. The summed E-state index contributed by atoms with van der Waals surface area (Å²) in [5, 5.41) is 0. The Bertz CT molecular complexity index is 2040. The molecule has 0 aliphatic carbocycles. The molecule has 0 atom stereocenters. The van der Waals surface area contributed by atoms with E-state index in [-0.39, 0.29) is 0 Å². The van der Waals surface area contributed by atoms with Gasteiger partial charge in [0.15, 0.2) is 0 Å². The van der Waals surface area contributed by atoms with Crippen LogP contribution in [-0.2, 0) is 74.6 Å². The van der Waals surface area contributed by atoms with Gasteiger partial charge >= 0.3 is 108 Å². The number of rotatable bonds is 35. The van der Waals surface area contributed by atoms with Gasteiger partial charge in [0.25, 0.3) is 0 Å². The van der Waals surface area contributed by atoms with E-state index in [9.17, 15) is 5.53 Å². The minimum atomic E-state index is 0.565. The second-order valence-corrected chi connectivity index (χ2v) is 20.6. The molecule has 1 aliphatic heterocycles. The zero-order chi connectivity index (χ0) is 50.2. The normalized spacial score (nSPS) is 12.7. The first-order chi connectivity index (χ1) is 34.4. The summed E-state index contributed by atoms with van der Waals surface area (Å²) in [6.45, 7) is 19.7. The number of nitrogens with zero attached hydrogens (tertiary/aromatic N) is 2. The van der Waals surface area contributed by atoms with Crippen molar-refractivity contribution in [2.45, 2.75) is 242 Å². The first-order valence-corrected chi connectivity index (χ1v) is 29.4. The van der Waals surface area contributed by atoms with E-state index in [0.717, 1.165) is 76.1 Å². The second kappa shape index (κ2) is 35.5. The molecule has 4 aromatic rings. The number of benzene rings is 4. The van der Waals surface area contributed by atoms with E-state index in [1.807, 2.05) is 60.7 Å². The van der Waals surface area contributed by atoms with Crippen LogP contribution in [0, 0.1) is 0 Å². The van der Waals surface area contributed by atoms with Gasteiger partial charge in [-0.05, 0) is 160 Å². The third kappa shape index (κ3) is 19.4. The fourth-order valence-corrected chi connectivity index (χ4v) is 10.5. The van der Waals surface area contributed by atoms with Gasteiger partial charge in [0, 0.05) is 22.3 Å². The van der Waals surface area contributed by atoms with Gasteiger partial charge in [0.1, 0.15) is 0 Å². The molecule has 4 aromatic carbocycles. The molecule has 388 valence electrons. The summed E-state index contributed by atoms with van der Waals surface area (Å²) in [7, 11) is 0. The van der Waals surface area contributed by atoms with Crippen molar-refractivity contribution in [3.8, 4) is 0 Å². The zero-order valence-corrected chi connectivity index (χ0v) is 46.6. The van der Waals surface area contributed by atoms with Crippen molar-refractivity contribution in [1.82, 2.24) is 0 Å². The van der Waals surface area contributed by atoms with Crippen LogP contribution in [0.25, 0.3) is 16.9 Å². The van der Waals surface area contributed by atoms with Crippen molar-refractivity contribution in [2.24, 2.45) is 0 Å². The van der Waals surface area contributed by atoms with Crippen LogP contribution in [0.15, 0.2) is 96.1 Å². The summed E-state index contributed by atoms with van der Waals surface area (Å²) in [5.41, 5.74) is 32.1. The van der Waals surface area contributed by atoms with Crippen molar-refractivity contribution >= 4 is 11.4 Å². The molecule has 0 unspecified atom stereocenters. The molecule has 0 aromatic heterocycles. The summed E-state index contributed by atoms with van der Waals surface area (Å²) >= 11 is 0.863. The van der Waals surface area contributed by atoms with E-state index in [2.05, 4.69) is 79.7 Å². The first kappa shape index (κ1) is 58.9. The number of hydrogen-bond acceptors (Lipinski definition) is 2. The van der Waals surface area contributed by atoms with Gasteiger partial charge in [-0.3, -0.25) is 0 Å². The molecule has 0 radical (unpaired) electrons. The molecule has 1 heterocycles. The Morgan fingerprint density at radius 2 is 0.686 bits per heavy atom. The summed E-state index contributed by atoms with van der Waals surface area (Å²) in [6, 6.07) is 30.2. The topological polar surface area (TPSA) is 43.8 Å². The Balaban J connectivity index is 0.000000522. The number of allylic oxidation sites excluding steroid dienone is 2. The first-order valence-electron chi connectivity index (χ1n) is 28.6. The Kier molecular flexibility index (Phi) is 29.9. The molecule has 0 bridgehead atoms. The molecule has 0 fully saturated rings. The zero-order valence-electron chi connectivity index (χ0n) is 45.6. The Labute approximate surface area is 435 Å². The second-order valence-electron chi connectivity index (χ2n) is 19.9. The molecule has 0 N–H and O–H groups in total. The van der Waals surface area contributed by atoms with Gasteiger partial charge in [-0.1, -0.05) is 126 Å². The Morgan fingerprint density at radius 3 is 1.03 bits per heavy atom. The van der Waals surface area contributed by atoms with Crippen LogP contribution in [0.4, 0.5) is 0 Å². The van der Waals surface area contributed by atoms with Crippen LogP contribution in [0.2, 0.25) is 0 Å². The molecule has 0 spiro atoms. The van der Waals surface area contributed by atoms with Crippen molar-refractivity contribution in [1.29, 1.82) is 0 Å². The van der Waals surface area contributed by atoms with E-state index < -0.39 is 0 Å². The SMILES string of the molecule is CCCCCCC1=C(c2cc(CCCC)c(CCCC)c(CCCC)c2)[N+](=[N-])C(c2cc(CCCC)c(CCCC)c(CCCC)c2)=C1CCCCC.c1ccc(C[O][Ni][O]Cc2ccccc2)cc1. The quantitative estimate of drug-likeness (QED) is 0.0262. The molecule has 4 nitrogen and oxygen atoms in total. The van der Waals surface area contributed by atoms with E-state index in [4.69, 9.17) is 7.76 Å². The molecule has 0 amide bonds. The van der Waals surface area contributed by atoms with Crippen molar-refractivity contribution in [3.63, 3.8) is 0 Å². The molecule has 70 heavy (non-hydrogen) atoms. The van der Waals surface area contributed by atoms with Gasteiger partial charge < -0.3 is 5.53 Å². The van der Waals surface area contributed by atoms with Gasteiger partial charge in [0.2, 0.25) is 11.4 Å². The van der Waals surface area contributed by atoms with Crippen LogP contribution < -0.4 is 0 Å². The summed E-state index contributed by atoms with van der Waals surface area (Å²) in [6.07, 6.45) is 32.2. The van der Waals surface area contributed by atoms with Crippen LogP contribution in [0.1, 0.15) is 246 Å². The molecular formula is C65H96N2NiO2. The summed E-state index contributed by atoms with van der Waals surface area (Å²) in [5.74, 6) is 0. The van der Waals surface area contributed by atoms with Gasteiger partial charge in [-0.25, -0.2) is 4.70 Å². The van der Waals surface area contributed by atoms with E-state index in [1.165, 1.54) is 157 Å². The monoisotopic (exact) mass is 995 g/mol. The number of hydrogen-bond donors (Lipinski definition) is 0. The van der Waals surface area contributed by atoms with Crippen LogP contribution in [-0.4, -0.2) is 4.70 Å². The van der Waals surface area contributed by atoms with Crippen molar-refractivity contribution in [2.75, 3.05) is 0 Å². The maximum absolute atomic E-state index is 12.9. The predicted molar refractivity (Wildman–Crippen MR) is 297 cm³/mol. The van der Waals surface area contributed by atoms with Crippen LogP contribution in [0.5, 0.6) is 0 Å². The van der Waals surface area contributed by atoms with Crippen LogP contribution in [0.3, 0.4) is 0 Å². The molecule has 0 saturated heterocycles. The van der Waals surface area contributed by atoms with Gasteiger partial charge in [-0.2, -0.15) is 0 Å². The molecule has 5 heteroatoms. The standard InChI is InChI=1S/C51H82N2.2C7H7O.Ni/c1-9-17-25-27-35-49-48(34-26-18-10-2)50(44-36-40(28-19-11-3)46(32-23-15-7)41(37-44)29-20-12-4)53(52)51(49)45-38-42(30-21-13-5)47(33-24-16-8)43(39-45)31-22-14-6;2*8-6-7-4-2-1-3-5-7;/h36-39H,9-35H2,1-8H3;2*1-5H,6H2;/q;2*-1;+2. The Morgan fingerprint density at radius 1 is 0.371 bits per heavy atom. The van der Waals surface area contributed by atoms with Gasteiger partial charge in [0.05, 0.1) is 0 Å². The minimum absolute atomic E-state index is 0.565.